The molecule has 4 amide bonds. The van der Waals surface area contributed by atoms with Crippen LogP contribution in [0.15, 0.2) is 47.4 Å². The topological polar surface area (TPSA) is 111 Å². The summed E-state index contributed by atoms with van der Waals surface area (Å²) in [5, 5.41) is 18.5. The first-order valence-corrected chi connectivity index (χ1v) is 12.5. The number of nitrogens with zero attached hydrogens (tertiary/aromatic N) is 1. The lowest BCUT2D eigenvalue weighted by Gasteiger charge is -2.25. The molecule has 4 rings (SSSR count). The molecule has 1 spiro atoms. The highest BCUT2D eigenvalue weighted by Crippen LogP contribution is 2.35. The fraction of sp³-hybridized carbons (Fsp3) is 0.400. The van der Waals surface area contributed by atoms with Crippen LogP contribution in [0.2, 0.25) is 0 Å². The van der Waals surface area contributed by atoms with E-state index in [0.29, 0.717) is 24.9 Å². The molecule has 0 radical (unpaired) electrons. The summed E-state index contributed by atoms with van der Waals surface area (Å²) in [4.78, 5) is 38.7. The number of aliphatic hydroxyl groups is 1. The molecular formula is C25H30N4O4S. The Hall–Kier alpha value is -3.04. The van der Waals surface area contributed by atoms with Crippen LogP contribution in [0.5, 0.6) is 0 Å². The van der Waals surface area contributed by atoms with Gasteiger partial charge in [0, 0.05) is 23.4 Å². The predicted molar refractivity (Wildman–Crippen MR) is 133 cm³/mol. The monoisotopic (exact) mass is 482 g/mol. The highest BCUT2D eigenvalue weighted by Gasteiger charge is 2.49. The third-order valence-corrected chi connectivity index (χ3v) is 7.43. The summed E-state index contributed by atoms with van der Waals surface area (Å²) in [6.45, 7) is 2.06. The molecule has 8 nitrogen and oxygen atoms in total. The van der Waals surface area contributed by atoms with Crippen LogP contribution in [0.1, 0.15) is 37.3 Å². The van der Waals surface area contributed by atoms with Crippen molar-refractivity contribution in [3.8, 4) is 0 Å². The smallest absolute Gasteiger partial charge is 0.317 e. The number of unbranched alkanes of at least 4 members (excludes halogenated alkanes) is 2. The predicted octanol–water partition coefficient (Wildman–Crippen LogP) is 3.04. The first-order chi connectivity index (χ1) is 16.4. The maximum absolute atomic E-state index is 12.8. The number of carbonyl (C=O) groups is 3. The standard InChI is InChI=1S/C25H30N4O4S/c1-2-3-6-11-34-21-8-5-4-7-20(21)29(16-30)15-22(31)26-19-10-9-17-13-25(14-18(17)12-19)23(32)27-24(33)28-25/h4-5,7-10,12,16,23,32H,2-3,6,11,13-15H2,1H3,(H,26,31)(H2,27,28,33). The van der Waals surface area contributed by atoms with Crippen LogP contribution in [0.4, 0.5) is 16.2 Å². The third kappa shape index (κ3) is 5.20. The van der Waals surface area contributed by atoms with E-state index in [4.69, 9.17) is 0 Å². The van der Waals surface area contributed by atoms with Crippen LogP contribution in [-0.4, -0.2) is 47.5 Å². The van der Waals surface area contributed by atoms with E-state index in [-0.39, 0.29) is 18.5 Å². The third-order valence-electron chi connectivity index (χ3n) is 6.28. The molecule has 1 saturated heterocycles. The molecule has 1 aliphatic carbocycles. The molecule has 180 valence electrons. The second-order valence-electron chi connectivity index (χ2n) is 8.80. The molecule has 2 atom stereocenters. The van der Waals surface area contributed by atoms with Crippen molar-refractivity contribution in [1.29, 1.82) is 0 Å². The second-order valence-corrected chi connectivity index (χ2v) is 9.94. The first-order valence-electron chi connectivity index (χ1n) is 11.6. The highest BCUT2D eigenvalue weighted by molar-refractivity contribution is 7.99. The number of para-hydroxylation sites is 1. The van der Waals surface area contributed by atoms with Crippen LogP contribution >= 0.6 is 11.8 Å². The van der Waals surface area contributed by atoms with Gasteiger partial charge in [0.2, 0.25) is 12.3 Å². The molecule has 2 aromatic carbocycles. The summed E-state index contributed by atoms with van der Waals surface area (Å²) in [7, 11) is 0. The van der Waals surface area contributed by atoms with E-state index in [0.717, 1.165) is 40.3 Å². The number of hydrogen-bond donors (Lipinski definition) is 4. The number of urea groups is 1. The van der Waals surface area contributed by atoms with Gasteiger partial charge in [-0.25, -0.2) is 4.79 Å². The molecule has 1 fully saturated rings. The molecule has 2 unspecified atom stereocenters. The van der Waals surface area contributed by atoms with E-state index in [1.807, 2.05) is 36.4 Å². The van der Waals surface area contributed by atoms with E-state index in [9.17, 15) is 19.5 Å². The molecule has 0 saturated carbocycles. The molecule has 2 aromatic rings. The van der Waals surface area contributed by atoms with Crippen LogP contribution in [0, 0.1) is 0 Å². The Kier molecular flexibility index (Phi) is 7.43. The maximum atomic E-state index is 12.8. The molecule has 1 aliphatic heterocycles. The quantitative estimate of drug-likeness (QED) is 0.236. The number of anilines is 2. The van der Waals surface area contributed by atoms with Crippen molar-refractivity contribution >= 4 is 41.5 Å². The van der Waals surface area contributed by atoms with Crippen molar-refractivity contribution in [1.82, 2.24) is 10.6 Å². The minimum absolute atomic E-state index is 0.101. The van der Waals surface area contributed by atoms with Crippen molar-refractivity contribution in [3.63, 3.8) is 0 Å². The molecule has 2 aliphatic rings. The van der Waals surface area contributed by atoms with Crippen molar-refractivity contribution < 1.29 is 19.5 Å². The average Bonchev–Trinajstić information content (AvgIpc) is 3.32. The van der Waals surface area contributed by atoms with Gasteiger partial charge in [-0.1, -0.05) is 38.0 Å². The summed E-state index contributed by atoms with van der Waals surface area (Å²) in [6.07, 6.45) is 4.13. The van der Waals surface area contributed by atoms with Gasteiger partial charge in [-0.3, -0.25) is 9.59 Å². The second kappa shape index (κ2) is 10.5. The molecule has 0 aromatic heterocycles. The van der Waals surface area contributed by atoms with E-state index in [1.165, 1.54) is 11.3 Å². The number of fused-ring (bicyclic) bond motifs is 1. The fourth-order valence-electron chi connectivity index (χ4n) is 4.54. The van der Waals surface area contributed by atoms with Gasteiger partial charge in [0.05, 0.1) is 11.2 Å². The summed E-state index contributed by atoms with van der Waals surface area (Å²) < 4.78 is 0. The lowest BCUT2D eigenvalue weighted by molar-refractivity contribution is -0.116. The summed E-state index contributed by atoms with van der Waals surface area (Å²) in [5.41, 5.74) is 2.56. The Labute approximate surface area is 203 Å². The SMILES string of the molecule is CCCCCSc1ccccc1N(C=O)CC(=O)Nc1ccc2c(c1)CC1(C2)NC(=O)NC1O. The van der Waals surface area contributed by atoms with Crippen LogP contribution in [0.3, 0.4) is 0 Å². The van der Waals surface area contributed by atoms with E-state index < -0.39 is 11.8 Å². The Morgan fingerprint density at radius 2 is 2.03 bits per heavy atom. The highest BCUT2D eigenvalue weighted by atomic mass is 32.2. The van der Waals surface area contributed by atoms with Crippen molar-refractivity contribution in [2.24, 2.45) is 0 Å². The summed E-state index contributed by atoms with van der Waals surface area (Å²) >= 11 is 1.70. The van der Waals surface area contributed by atoms with Crippen molar-refractivity contribution in [3.05, 3.63) is 53.6 Å². The summed E-state index contributed by atoms with van der Waals surface area (Å²) in [5.74, 6) is 0.659. The van der Waals surface area contributed by atoms with Gasteiger partial charge in [0.25, 0.3) is 0 Å². The molecule has 4 N–H and O–H groups in total. The Morgan fingerprint density at radius 1 is 1.24 bits per heavy atom. The molecule has 1 heterocycles. The number of nitrogens with one attached hydrogen (secondary N) is 3. The number of amides is 4. The zero-order valence-electron chi connectivity index (χ0n) is 19.2. The van der Waals surface area contributed by atoms with E-state index in [2.05, 4.69) is 22.9 Å². The van der Waals surface area contributed by atoms with Gasteiger partial charge >= 0.3 is 6.03 Å². The van der Waals surface area contributed by atoms with Gasteiger partial charge in [-0.15, -0.1) is 11.8 Å². The zero-order valence-corrected chi connectivity index (χ0v) is 20.0. The number of benzene rings is 2. The van der Waals surface area contributed by atoms with Gasteiger partial charge in [0.15, 0.2) is 6.23 Å². The Bertz CT molecular complexity index is 1080. The average molecular weight is 483 g/mol. The minimum atomic E-state index is -0.966. The molecular weight excluding hydrogens is 452 g/mol. The van der Waals surface area contributed by atoms with Crippen molar-refractivity contribution in [2.75, 3.05) is 22.5 Å². The number of rotatable bonds is 10. The van der Waals surface area contributed by atoms with Crippen LogP contribution in [0.25, 0.3) is 0 Å². The first kappa shape index (κ1) is 24.1. The molecule has 0 bridgehead atoms. The Morgan fingerprint density at radius 3 is 2.76 bits per heavy atom. The Balaban J connectivity index is 1.40. The molecule has 34 heavy (non-hydrogen) atoms. The molecule has 9 heteroatoms. The van der Waals surface area contributed by atoms with E-state index >= 15 is 0 Å². The maximum Gasteiger partial charge on any atom is 0.317 e. The van der Waals surface area contributed by atoms with Crippen LogP contribution in [-0.2, 0) is 22.4 Å². The minimum Gasteiger partial charge on any atom is -0.371 e. The lowest BCUT2D eigenvalue weighted by atomic mass is 9.95. The largest absolute Gasteiger partial charge is 0.371 e. The number of hydrogen-bond acceptors (Lipinski definition) is 5. The van der Waals surface area contributed by atoms with Gasteiger partial charge in [0.1, 0.15) is 6.54 Å². The summed E-state index contributed by atoms with van der Waals surface area (Å²) in [6, 6.07) is 12.8. The van der Waals surface area contributed by atoms with Crippen LogP contribution < -0.4 is 20.9 Å². The van der Waals surface area contributed by atoms with Gasteiger partial charge in [-0.05, 0) is 47.6 Å². The normalized spacial score (nSPS) is 20.5. The van der Waals surface area contributed by atoms with Gasteiger partial charge in [-0.2, -0.15) is 0 Å². The fourth-order valence-corrected chi connectivity index (χ4v) is 5.62. The van der Waals surface area contributed by atoms with Gasteiger partial charge < -0.3 is 26.0 Å². The van der Waals surface area contributed by atoms with Crippen molar-refractivity contribution in [2.45, 2.75) is 55.7 Å². The zero-order chi connectivity index (χ0) is 24.1. The van der Waals surface area contributed by atoms with E-state index in [1.54, 1.807) is 17.8 Å². The number of aliphatic hydroxyl groups excluding tert-OH is 1. The number of thioether (sulfide) groups is 1. The lowest BCUT2D eigenvalue weighted by Crippen LogP contribution is -2.50. The number of carbonyl (C=O) groups excluding carboxylic acids is 3.